The van der Waals surface area contributed by atoms with E-state index < -0.39 is 0 Å². The summed E-state index contributed by atoms with van der Waals surface area (Å²) in [5.41, 5.74) is 2.54. The van der Waals surface area contributed by atoms with Crippen molar-refractivity contribution in [1.29, 1.82) is 0 Å². The van der Waals surface area contributed by atoms with Gasteiger partial charge in [-0.25, -0.2) is 0 Å². The molecule has 3 aromatic rings. The predicted molar refractivity (Wildman–Crippen MR) is 107 cm³/mol. The van der Waals surface area contributed by atoms with Gasteiger partial charge in [0, 0.05) is 22.8 Å². The van der Waals surface area contributed by atoms with Crippen LogP contribution in [0.1, 0.15) is 5.56 Å². The van der Waals surface area contributed by atoms with Gasteiger partial charge in [-0.1, -0.05) is 21.1 Å². The first-order chi connectivity index (χ1) is 13.0. The molecule has 1 N–H and O–H groups in total. The lowest BCUT2D eigenvalue weighted by molar-refractivity contribution is -0.115. The van der Waals surface area contributed by atoms with Crippen molar-refractivity contribution in [3.05, 3.63) is 52.5 Å². The third-order valence-corrected chi connectivity index (χ3v) is 4.43. The van der Waals surface area contributed by atoms with E-state index >= 15 is 0 Å². The zero-order valence-corrected chi connectivity index (χ0v) is 16.8. The number of amides is 1. The van der Waals surface area contributed by atoms with E-state index in [2.05, 4.69) is 31.4 Å². The van der Waals surface area contributed by atoms with Crippen LogP contribution in [-0.2, 0) is 4.79 Å². The lowest BCUT2D eigenvalue weighted by Crippen LogP contribution is -2.30. The number of ether oxygens (including phenoxy) is 1. The maximum absolute atomic E-state index is 12.3. The second kappa shape index (κ2) is 8.22. The molecule has 0 unspecified atom stereocenters. The summed E-state index contributed by atoms with van der Waals surface area (Å²) in [7, 11) is 3.33. The molecular weight excluding hydrogens is 412 g/mol. The molecule has 0 atom stereocenters. The van der Waals surface area contributed by atoms with Crippen LogP contribution in [0.5, 0.6) is 5.75 Å². The second-order valence-electron chi connectivity index (χ2n) is 5.99. The maximum atomic E-state index is 12.3. The quantitative estimate of drug-likeness (QED) is 0.638. The van der Waals surface area contributed by atoms with Gasteiger partial charge in [0.05, 0.1) is 7.11 Å². The number of carbonyl (C=O) groups is 1. The van der Waals surface area contributed by atoms with Crippen molar-refractivity contribution < 1.29 is 14.1 Å². The minimum atomic E-state index is -0.174. The summed E-state index contributed by atoms with van der Waals surface area (Å²) in [4.78, 5) is 18.3. The van der Waals surface area contributed by atoms with Crippen molar-refractivity contribution >= 4 is 33.5 Å². The predicted octanol–water partition coefficient (Wildman–Crippen LogP) is 3.89. The molecule has 140 valence electrons. The number of aromatic nitrogens is 2. The number of benzene rings is 2. The first-order valence-electron chi connectivity index (χ1n) is 8.21. The van der Waals surface area contributed by atoms with Gasteiger partial charge >= 0.3 is 6.01 Å². The van der Waals surface area contributed by atoms with Gasteiger partial charge in [0.25, 0.3) is 0 Å². The number of nitrogens with zero attached hydrogens (tertiary/aromatic N) is 3. The molecule has 0 bridgehead atoms. The number of rotatable bonds is 6. The smallest absolute Gasteiger partial charge is 0.324 e. The van der Waals surface area contributed by atoms with Crippen molar-refractivity contribution in [3.63, 3.8) is 0 Å². The number of likely N-dealkylation sites (N-methyl/N-ethyl adjacent to an activating group) is 1. The van der Waals surface area contributed by atoms with E-state index in [1.807, 2.05) is 49.4 Å². The van der Waals surface area contributed by atoms with E-state index in [1.165, 1.54) is 0 Å². The largest absolute Gasteiger partial charge is 0.497 e. The Balaban J connectivity index is 1.64. The molecule has 7 nitrogen and oxygen atoms in total. The number of hydrogen-bond acceptors (Lipinski definition) is 6. The van der Waals surface area contributed by atoms with Crippen molar-refractivity contribution in [1.82, 2.24) is 10.1 Å². The first-order valence-corrected chi connectivity index (χ1v) is 9.01. The fourth-order valence-electron chi connectivity index (χ4n) is 2.47. The van der Waals surface area contributed by atoms with Crippen LogP contribution in [0.25, 0.3) is 11.4 Å². The molecule has 0 aliphatic carbocycles. The summed E-state index contributed by atoms with van der Waals surface area (Å²) >= 11 is 3.41. The standard InChI is InChI=1S/C19H19BrN4O3/c1-12-10-14(20)6-9-16(12)21-17(25)11-24(2)19-22-18(23-27-19)13-4-7-15(26-3)8-5-13/h4-10H,11H2,1-3H3,(H,21,25). The van der Waals surface area contributed by atoms with E-state index in [4.69, 9.17) is 9.26 Å². The Morgan fingerprint density at radius 2 is 2.00 bits per heavy atom. The summed E-state index contributed by atoms with van der Waals surface area (Å²) in [6, 6.07) is 13.3. The van der Waals surface area contributed by atoms with Gasteiger partial charge in [-0.3, -0.25) is 4.79 Å². The maximum Gasteiger partial charge on any atom is 0.324 e. The third kappa shape index (κ3) is 4.65. The first kappa shape index (κ1) is 18.9. The molecule has 0 saturated carbocycles. The molecule has 1 heterocycles. The molecular formula is C19H19BrN4O3. The van der Waals surface area contributed by atoms with Gasteiger partial charge in [-0.15, -0.1) is 0 Å². The molecule has 0 fully saturated rings. The average molecular weight is 431 g/mol. The zero-order chi connectivity index (χ0) is 19.4. The van der Waals surface area contributed by atoms with Crippen LogP contribution in [0.4, 0.5) is 11.7 Å². The van der Waals surface area contributed by atoms with E-state index in [0.29, 0.717) is 5.82 Å². The zero-order valence-electron chi connectivity index (χ0n) is 15.2. The average Bonchev–Trinajstić information content (AvgIpc) is 3.14. The van der Waals surface area contributed by atoms with Gasteiger partial charge in [0.15, 0.2) is 0 Å². The Labute approximate surface area is 165 Å². The molecule has 0 aliphatic heterocycles. The molecule has 8 heteroatoms. The number of halogens is 1. The van der Waals surface area contributed by atoms with Crippen molar-refractivity contribution in [2.75, 3.05) is 30.9 Å². The van der Waals surface area contributed by atoms with Crippen LogP contribution in [0, 0.1) is 6.92 Å². The second-order valence-corrected chi connectivity index (χ2v) is 6.91. The van der Waals surface area contributed by atoms with Crippen LogP contribution in [-0.4, -0.2) is 36.8 Å². The van der Waals surface area contributed by atoms with Gasteiger partial charge in [0.2, 0.25) is 11.7 Å². The number of hydrogen-bond donors (Lipinski definition) is 1. The number of methoxy groups -OCH3 is 1. The summed E-state index contributed by atoms with van der Waals surface area (Å²) in [5.74, 6) is 1.02. The number of aryl methyl sites for hydroxylation is 1. The lowest BCUT2D eigenvalue weighted by Gasteiger charge is -2.14. The van der Waals surface area contributed by atoms with Gasteiger partial charge in [-0.05, 0) is 55.0 Å². The highest BCUT2D eigenvalue weighted by atomic mass is 79.9. The van der Waals surface area contributed by atoms with E-state index in [9.17, 15) is 4.79 Å². The fourth-order valence-corrected chi connectivity index (χ4v) is 2.94. The van der Waals surface area contributed by atoms with Gasteiger partial charge in [-0.2, -0.15) is 4.98 Å². The van der Waals surface area contributed by atoms with Crippen LogP contribution in [0.15, 0.2) is 51.5 Å². The number of carbonyl (C=O) groups excluding carboxylic acids is 1. The minimum Gasteiger partial charge on any atom is -0.497 e. The van der Waals surface area contributed by atoms with Crippen LogP contribution < -0.4 is 15.0 Å². The summed E-state index contributed by atoms with van der Waals surface area (Å²) in [6.45, 7) is 2.02. The Hall–Kier alpha value is -2.87. The summed E-state index contributed by atoms with van der Waals surface area (Å²) in [6.07, 6.45) is 0. The fraction of sp³-hybridized carbons (Fsp3) is 0.211. The topological polar surface area (TPSA) is 80.5 Å². The molecule has 0 saturated heterocycles. The van der Waals surface area contributed by atoms with Crippen LogP contribution >= 0.6 is 15.9 Å². The van der Waals surface area contributed by atoms with E-state index in [0.717, 1.165) is 27.0 Å². The van der Waals surface area contributed by atoms with Crippen LogP contribution in [0.3, 0.4) is 0 Å². The molecule has 3 rings (SSSR count). The molecule has 1 amide bonds. The highest BCUT2D eigenvalue weighted by Gasteiger charge is 2.16. The number of nitrogens with one attached hydrogen (secondary N) is 1. The summed E-state index contributed by atoms with van der Waals surface area (Å²) < 4.78 is 11.4. The van der Waals surface area contributed by atoms with Gasteiger partial charge < -0.3 is 19.5 Å². The molecule has 1 aromatic heterocycles. The molecule has 27 heavy (non-hydrogen) atoms. The molecule has 0 spiro atoms. The van der Waals surface area contributed by atoms with Crippen LogP contribution in [0.2, 0.25) is 0 Å². The normalized spacial score (nSPS) is 10.5. The van der Waals surface area contributed by atoms with Gasteiger partial charge in [0.1, 0.15) is 12.3 Å². The van der Waals surface area contributed by atoms with E-state index in [1.54, 1.807) is 19.1 Å². The SMILES string of the molecule is COc1ccc(-c2noc(N(C)CC(=O)Nc3ccc(Br)cc3C)n2)cc1. The molecule has 0 aliphatic rings. The molecule has 0 radical (unpaired) electrons. The summed E-state index contributed by atoms with van der Waals surface area (Å²) in [5, 5.41) is 6.86. The van der Waals surface area contributed by atoms with Crippen molar-refractivity contribution in [3.8, 4) is 17.1 Å². The Kier molecular flexibility index (Phi) is 5.75. The highest BCUT2D eigenvalue weighted by molar-refractivity contribution is 9.10. The van der Waals surface area contributed by atoms with Crippen molar-refractivity contribution in [2.24, 2.45) is 0 Å². The monoisotopic (exact) mass is 430 g/mol. The number of anilines is 2. The van der Waals surface area contributed by atoms with E-state index in [-0.39, 0.29) is 18.5 Å². The third-order valence-electron chi connectivity index (χ3n) is 3.93. The lowest BCUT2D eigenvalue weighted by atomic mass is 10.2. The Morgan fingerprint density at radius 1 is 1.26 bits per heavy atom. The highest BCUT2D eigenvalue weighted by Crippen LogP contribution is 2.22. The Morgan fingerprint density at radius 3 is 2.67 bits per heavy atom. The minimum absolute atomic E-state index is 0.0831. The van der Waals surface area contributed by atoms with Crippen molar-refractivity contribution in [2.45, 2.75) is 6.92 Å². The Bertz CT molecular complexity index is 940. The molecule has 2 aromatic carbocycles.